The fourth-order valence-corrected chi connectivity index (χ4v) is 4.97. The Hall–Kier alpha value is -2.05. The van der Waals surface area contributed by atoms with E-state index in [1.165, 1.54) is 24.1 Å². The van der Waals surface area contributed by atoms with Crippen LogP contribution in [0.2, 0.25) is 0 Å². The maximum atomic E-state index is 12.5. The molecule has 6 heteroatoms. The number of nitrogens with one attached hydrogen (secondary N) is 2. The van der Waals surface area contributed by atoms with Crippen molar-refractivity contribution < 1.29 is 4.79 Å². The third kappa shape index (κ3) is 5.55. The Kier molecular flexibility index (Phi) is 7.28. The molecule has 2 atom stereocenters. The normalized spacial score (nSPS) is 20.3. The van der Waals surface area contributed by atoms with Crippen LogP contribution < -0.4 is 15.5 Å². The molecular formula is C24H31BrN4O. The van der Waals surface area contributed by atoms with Gasteiger partial charge in [0.15, 0.2) is 0 Å². The van der Waals surface area contributed by atoms with Gasteiger partial charge >= 0.3 is 6.03 Å². The number of urea groups is 1. The highest BCUT2D eigenvalue weighted by atomic mass is 79.9. The molecule has 2 fully saturated rings. The standard InChI is InChI=1S/C24H31BrN4O/c25-21-9-6-10-22(15-21)29-14-11-19(18-29)16-26-24(30)27-17-23(28-12-4-5-13-28)20-7-2-1-3-8-20/h1-3,6-10,15,19,23H,4-5,11-14,16-18H2,(H2,26,27,30). The number of benzene rings is 2. The van der Waals surface area contributed by atoms with E-state index >= 15 is 0 Å². The lowest BCUT2D eigenvalue weighted by Gasteiger charge is -2.28. The largest absolute Gasteiger partial charge is 0.371 e. The van der Waals surface area contributed by atoms with Crippen LogP contribution in [-0.4, -0.2) is 50.2 Å². The van der Waals surface area contributed by atoms with Crippen molar-refractivity contribution in [2.24, 2.45) is 5.92 Å². The first-order valence-electron chi connectivity index (χ1n) is 11.0. The molecule has 5 nitrogen and oxygen atoms in total. The molecule has 2 aromatic rings. The van der Waals surface area contributed by atoms with Gasteiger partial charge in [0.25, 0.3) is 0 Å². The van der Waals surface area contributed by atoms with Gasteiger partial charge in [-0.2, -0.15) is 0 Å². The number of rotatable bonds is 7. The summed E-state index contributed by atoms with van der Waals surface area (Å²) in [5.41, 5.74) is 2.52. The highest BCUT2D eigenvalue weighted by Gasteiger charge is 2.25. The van der Waals surface area contributed by atoms with Crippen LogP contribution in [0.5, 0.6) is 0 Å². The van der Waals surface area contributed by atoms with Crippen LogP contribution in [0.4, 0.5) is 10.5 Å². The van der Waals surface area contributed by atoms with E-state index in [0.29, 0.717) is 12.5 Å². The second-order valence-electron chi connectivity index (χ2n) is 8.34. The van der Waals surface area contributed by atoms with E-state index in [-0.39, 0.29) is 12.1 Å². The lowest BCUT2D eigenvalue weighted by atomic mass is 10.1. The molecule has 2 amide bonds. The van der Waals surface area contributed by atoms with Gasteiger partial charge in [0.1, 0.15) is 0 Å². The minimum atomic E-state index is -0.0592. The second kappa shape index (κ2) is 10.3. The molecule has 2 heterocycles. The summed E-state index contributed by atoms with van der Waals surface area (Å²) in [6.07, 6.45) is 3.59. The van der Waals surface area contributed by atoms with E-state index in [1.807, 2.05) is 12.1 Å². The number of nitrogens with zero attached hydrogens (tertiary/aromatic N) is 2. The van der Waals surface area contributed by atoms with Crippen LogP contribution >= 0.6 is 15.9 Å². The molecular weight excluding hydrogens is 440 g/mol. The molecule has 0 aliphatic carbocycles. The summed E-state index contributed by atoms with van der Waals surface area (Å²) in [7, 11) is 0. The molecule has 4 rings (SSSR count). The molecule has 0 radical (unpaired) electrons. The second-order valence-corrected chi connectivity index (χ2v) is 9.26. The van der Waals surface area contributed by atoms with Crippen LogP contribution in [0.25, 0.3) is 0 Å². The molecule has 2 aliphatic rings. The molecule has 0 bridgehead atoms. The summed E-state index contributed by atoms with van der Waals surface area (Å²) >= 11 is 3.55. The Labute approximate surface area is 188 Å². The van der Waals surface area contributed by atoms with Gasteiger partial charge in [-0.3, -0.25) is 4.90 Å². The number of hydrogen-bond acceptors (Lipinski definition) is 3. The monoisotopic (exact) mass is 470 g/mol. The Morgan fingerprint density at radius 1 is 1.03 bits per heavy atom. The number of anilines is 1. The number of likely N-dealkylation sites (tertiary alicyclic amines) is 1. The zero-order valence-electron chi connectivity index (χ0n) is 17.4. The van der Waals surface area contributed by atoms with Gasteiger partial charge in [0, 0.05) is 36.3 Å². The summed E-state index contributed by atoms with van der Waals surface area (Å²) in [6, 6.07) is 19.1. The third-order valence-corrected chi connectivity index (χ3v) is 6.73. The van der Waals surface area contributed by atoms with Gasteiger partial charge in [0.2, 0.25) is 0 Å². The van der Waals surface area contributed by atoms with Crippen LogP contribution in [-0.2, 0) is 0 Å². The van der Waals surface area contributed by atoms with E-state index < -0.39 is 0 Å². The highest BCUT2D eigenvalue weighted by Crippen LogP contribution is 2.26. The van der Waals surface area contributed by atoms with Crippen LogP contribution in [0.1, 0.15) is 30.9 Å². The number of carbonyl (C=O) groups excluding carboxylic acids is 1. The molecule has 2 aliphatic heterocycles. The van der Waals surface area contributed by atoms with Gasteiger partial charge in [0.05, 0.1) is 6.04 Å². The van der Waals surface area contributed by atoms with E-state index in [1.54, 1.807) is 0 Å². The Balaban J connectivity index is 1.24. The predicted octanol–water partition coefficient (Wildman–Crippen LogP) is 4.41. The van der Waals surface area contributed by atoms with Gasteiger partial charge < -0.3 is 15.5 Å². The SMILES string of the molecule is O=C(NCC1CCN(c2cccc(Br)c2)C1)NCC(c1ccccc1)N1CCCC1. The van der Waals surface area contributed by atoms with Crippen LogP contribution in [0.3, 0.4) is 0 Å². The Bertz CT molecular complexity index is 825. The molecule has 2 aromatic carbocycles. The van der Waals surface area contributed by atoms with Gasteiger partial charge in [-0.25, -0.2) is 4.79 Å². The highest BCUT2D eigenvalue weighted by molar-refractivity contribution is 9.10. The van der Waals surface area contributed by atoms with Crippen molar-refractivity contribution in [3.8, 4) is 0 Å². The summed E-state index contributed by atoms with van der Waals surface area (Å²) in [5, 5.41) is 6.22. The van der Waals surface area contributed by atoms with E-state index in [0.717, 1.165) is 43.6 Å². The number of hydrogen-bond donors (Lipinski definition) is 2. The summed E-state index contributed by atoms with van der Waals surface area (Å²) in [4.78, 5) is 17.4. The molecule has 2 unspecified atom stereocenters. The van der Waals surface area contributed by atoms with Crippen molar-refractivity contribution in [3.63, 3.8) is 0 Å². The topological polar surface area (TPSA) is 47.6 Å². The zero-order chi connectivity index (χ0) is 20.8. The fraction of sp³-hybridized carbons (Fsp3) is 0.458. The number of carbonyl (C=O) groups is 1. The van der Waals surface area contributed by atoms with Gasteiger partial charge in [-0.15, -0.1) is 0 Å². The maximum absolute atomic E-state index is 12.5. The summed E-state index contributed by atoms with van der Waals surface area (Å²) in [6.45, 7) is 5.60. The predicted molar refractivity (Wildman–Crippen MR) is 126 cm³/mol. The molecule has 160 valence electrons. The Morgan fingerprint density at radius 3 is 2.60 bits per heavy atom. The van der Waals surface area contributed by atoms with Gasteiger partial charge in [-0.1, -0.05) is 52.3 Å². The lowest BCUT2D eigenvalue weighted by Crippen LogP contribution is -2.43. The van der Waals surface area contributed by atoms with E-state index in [4.69, 9.17) is 0 Å². The minimum absolute atomic E-state index is 0.0592. The van der Waals surface area contributed by atoms with Crippen molar-refractivity contribution in [2.75, 3.05) is 44.2 Å². The maximum Gasteiger partial charge on any atom is 0.314 e. The minimum Gasteiger partial charge on any atom is -0.371 e. The lowest BCUT2D eigenvalue weighted by molar-refractivity contribution is 0.220. The van der Waals surface area contributed by atoms with Crippen LogP contribution in [0.15, 0.2) is 59.1 Å². The molecule has 30 heavy (non-hydrogen) atoms. The third-order valence-electron chi connectivity index (χ3n) is 6.23. The zero-order valence-corrected chi connectivity index (χ0v) is 19.0. The van der Waals surface area contributed by atoms with Crippen molar-refractivity contribution in [1.29, 1.82) is 0 Å². The molecule has 0 spiro atoms. The van der Waals surface area contributed by atoms with Crippen molar-refractivity contribution in [3.05, 3.63) is 64.6 Å². The summed E-state index contributed by atoms with van der Waals surface area (Å²) in [5.74, 6) is 0.484. The Morgan fingerprint density at radius 2 is 1.83 bits per heavy atom. The fourth-order valence-electron chi connectivity index (χ4n) is 4.58. The van der Waals surface area contributed by atoms with Gasteiger partial charge in [-0.05, 0) is 62.0 Å². The van der Waals surface area contributed by atoms with Crippen molar-refractivity contribution >= 4 is 27.6 Å². The first-order chi connectivity index (χ1) is 14.7. The molecule has 0 saturated carbocycles. The van der Waals surface area contributed by atoms with E-state index in [2.05, 4.69) is 78.8 Å². The summed E-state index contributed by atoms with van der Waals surface area (Å²) < 4.78 is 1.10. The molecule has 2 saturated heterocycles. The smallest absolute Gasteiger partial charge is 0.314 e. The molecule has 2 N–H and O–H groups in total. The average Bonchev–Trinajstić information content (AvgIpc) is 3.46. The van der Waals surface area contributed by atoms with Crippen molar-refractivity contribution in [1.82, 2.24) is 15.5 Å². The van der Waals surface area contributed by atoms with E-state index in [9.17, 15) is 4.79 Å². The molecule has 0 aromatic heterocycles. The first kappa shape index (κ1) is 21.2. The number of amides is 2. The first-order valence-corrected chi connectivity index (χ1v) is 11.8. The van der Waals surface area contributed by atoms with Crippen molar-refractivity contribution in [2.45, 2.75) is 25.3 Å². The van der Waals surface area contributed by atoms with Crippen LogP contribution in [0, 0.1) is 5.92 Å². The number of halogens is 1. The average molecular weight is 471 g/mol. The quantitative estimate of drug-likeness (QED) is 0.629.